The largest absolute Gasteiger partial charge is 0.477 e. The van der Waals surface area contributed by atoms with Crippen LogP contribution in [0.3, 0.4) is 0 Å². The third kappa shape index (κ3) is 1.26. The number of carboxylic acids is 1. The summed E-state index contributed by atoms with van der Waals surface area (Å²) in [5.74, 6) is 1.04. The number of amides is 1. The molecule has 1 amide bonds. The van der Waals surface area contributed by atoms with Gasteiger partial charge in [0.25, 0.3) is 5.91 Å². The van der Waals surface area contributed by atoms with Crippen molar-refractivity contribution in [1.29, 1.82) is 0 Å². The second kappa shape index (κ2) is 3.63. The molecule has 1 N–H and O–H groups in total. The summed E-state index contributed by atoms with van der Waals surface area (Å²) in [7, 11) is 0. The summed E-state index contributed by atoms with van der Waals surface area (Å²) in [6.45, 7) is 1.85. The van der Waals surface area contributed by atoms with Crippen molar-refractivity contribution in [1.82, 2.24) is 4.90 Å². The summed E-state index contributed by atoms with van der Waals surface area (Å²) in [4.78, 5) is 24.7. The van der Waals surface area contributed by atoms with E-state index in [2.05, 4.69) is 0 Å². The number of allylic oxidation sites excluding steroid dienone is 1. The molecule has 0 aromatic rings. The molecule has 0 spiro atoms. The van der Waals surface area contributed by atoms with Gasteiger partial charge in [-0.3, -0.25) is 9.69 Å². The van der Waals surface area contributed by atoms with Gasteiger partial charge < -0.3 is 5.11 Å². The van der Waals surface area contributed by atoms with Gasteiger partial charge in [-0.15, -0.1) is 0 Å². The Morgan fingerprint density at radius 2 is 2.35 bits per heavy atom. The van der Waals surface area contributed by atoms with Crippen molar-refractivity contribution in [2.24, 2.45) is 5.92 Å². The van der Waals surface area contributed by atoms with Crippen LogP contribution in [0, 0.1) is 5.92 Å². The van der Waals surface area contributed by atoms with Gasteiger partial charge in [0.15, 0.2) is 0 Å². The number of aliphatic carboxylic acids is 1. The van der Waals surface area contributed by atoms with E-state index < -0.39 is 5.97 Å². The van der Waals surface area contributed by atoms with E-state index in [4.69, 9.17) is 0 Å². The highest BCUT2D eigenvalue weighted by Gasteiger charge is 2.56. The second-order valence-electron chi connectivity index (χ2n) is 4.47. The zero-order chi connectivity index (χ0) is 12.2. The molecule has 90 valence electrons. The monoisotopic (exact) mass is 251 g/mol. The highest BCUT2D eigenvalue weighted by atomic mass is 32.2. The lowest BCUT2D eigenvalue weighted by atomic mass is 9.84. The quantitative estimate of drug-likeness (QED) is 0.563. The molecule has 0 saturated carbocycles. The molecule has 2 atom stereocenters. The first-order valence-electron chi connectivity index (χ1n) is 5.70. The minimum absolute atomic E-state index is 0.00130. The average Bonchev–Trinajstić information content (AvgIpc) is 2.61. The van der Waals surface area contributed by atoms with Crippen LogP contribution in [0.2, 0.25) is 0 Å². The van der Waals surface area contributed by atoms with E-state index in [0.29, 0.717) is 0 Å². The average molecular weight is 251 g/mol. The van der Waals surface area contributed by atoms with Gasteiger partial charge in [0.1, 0.15) is 5.70 Å². The van der Waals surface area contributed by atoms with Crippen LogP contribution >= 0.6 is 11.8 Å². The molecule has 2 fully saturated rings. The highest BCUT2D eigenvalue weighted by Crippen LogP contribution is 2.49. The van der Waals surface area contributed by atoms with Gasteiger partial charge in [0.05, 0.1) is 6.04 Å². The third-order valence-corrected chi connectivity index (χ3v) is 4.85. The molecule has 0 aromatic heterocycles. The first kappa shape index (κ1) is 10.9. The van der Waals surface area contributed by atoms with Gasteiger partial charge in [0.2, 0.25) is 0 Å². The molecule has 0 unspecified atom stereocenters. The molecule has 3 rings (SSSR count). The topological polar surface area (TPSA) is 57.6 Å². The van der Waals surface area contributed by atoms with Crippen molar-refractivity contribution in [2.75, 3.05) is 11.5 Å². The summed E-state index contributed by atoms with van der Waals surface area (Å²) in [6, 6.07) is 0.00130. The zero-order valence-corrected chi connectivity index (χ0v) is 10.3. The van der Waals surface area contributed by atoms with E-state index >= 15 is 0 Å². The van der Waals surface area contributed by atoms with Crippen molar-refractivity contribution >= 4 is 23.6 Å². The van der Waals surface area contributed by atoms with Gasteiger partial charge >= 0.3 is 5.97 Å². The van der Waals surface area contributed by atoms with E-state index in [1.807, 2.05) is 24.8 Å². The number of carbonyl (C=O) groups is 2. The zero-order valence-electron chi connectivity index (χ0n) is 9.47. The van der Waals surface area contributed by atoms with E-state index in [0.717, 1.165) is 29.1 Å². The molecule has 17 heavy (non-hydrogen) atoms. The fraction of sp³-hybridized carbons (Fsp3) is 0.500. The maximum atomic E-state index is 11.9. The molecule has 4 nitrogen and oxygen atoms in total. The molecule has 0 aromatic carbocycles. The minimum atomic E-state index is -0.956. The Bertz CT molecular complexity index is 480. The van der Waals surface area contributed by atoms with Crippen LogP contribution in [0.15, 0.2) is 22.9 Å². The Labute approximate surface area is 103 Å². The molecule has 3 heterocycles. The molecule has 3 aliphatic heterocycles. The summed E-state index contributed by atoms with van der Waals surface area (Å²) in [5.41, 5.74) is 2.02. The summed E-state index contributed by atoms with van der Waals surface area (Å²) in [6.07, 6.45) is 2.62. The highest BCUT2D eigenvalue weighted by molar-refractivity contribution is 7.99. The first-order valence-corrected chi connectivity index (χ1v) is 6.86. The van der Waals surface area contributed by atoms with Gasteiger partial charge in [-0.25, -0.2) is 4.79 Å². The third-order valence-electron chi connectivity index (χ3n) is 3.76. The van der Waals surface area contributed by atoms with Crippen LogP contribution in [-0.2, 0) is 9.59 Å². The molecule has 0 aliphatic carbocycles. The number of β-lactam (4-membered cyclic amide) rings is 1. The van der Waals surface area contributed by atoms with E-state index in [-0.39, 0.29) is 23.6 Å². The number of nitrogens with zero attached hydrogens (tertiary/aromatic N) is 1. The van der Waals surface area contributed by atoms with E-state index in [1.54, 1.807) is 0 Å². The number of hydrogen-bond acceptors (Lipinski definition) is 3. The minimum Gasteiger partial charge on any atom is -0.477 e. The van der Waals surface area contributed by atoms with Crippen molar-refractivity contribution < 1.29 is 14.7 Å². The van der Waals surface area contributed by atoms with Crippen LogP contribution in [-0.4, -0.2) is 39.4 Å². The van der Waals surface area contributed by atoms with E-state index in [9.17, 15) is 14.7 Å². The summed E-state index contributed by atoms with van der Waals surface area (Å²) >= 11 is 1.85. The molecule has 0 radical (unpaired) electrons. The molecule has 2 saturated heterocycles. The molecular weight excluding hydrogens is 238 g/mol. The fourth-order valence-corrected chi connectivity index (χ4v) is 4.21. The van der Waals surface area contributed by atoms with Gasteiger partial charge in [0, 0.05) is 17.2 Å². The Morgan fingerprint density at radius 3 is 3.00 bits per heavy atom. The number of thioether (sulfide) groups is 1. The summed E-state index contributed by atoms with van der Waals surface area (Å²) in [5, 5.41) is 9.27. The molecular formula is C12H13NO3S. The molecule has 5 heteroatoms. The Balaban J connectivity index is 2.07. The number of carbonyl (C=O) groups excluding carboxylic acids is 1. The maximum absolute atomic E-state index is 11.9. The molecule has 0 bridgehead atoms. The van der Waals surface area contributed by atoms with Crippen LogP contribution in [0.4, 0.5) is 0 Å². The van der Waals surface area contributed by atoms with E-state index in [1.165, 1.54) is 4.90 Å². The van der Waals surface area contributed by atoms with Gasteiger partial charge in [-0.05, 0) is 24.7 Å². The predicted octanol–water partition coefficient (Wildman–Crippen LogP) is 1.25. The van der Waals surface area contributed by atoms with Crippen molar-refractivity contribution in [3.8, 4) is 0 Å². The van der Waals surface area contributed by atoms with Crippen LogP contribution in [0.25, 0.3) is 0 Å². The lowest BCUT2D eigenvalue weighted by molar-refractivity contribution is -0.142. The fourth-order valence-electron chi connectivity index (χ4n) is 3.05. The van der Waals surface area contributed by atoms with Crippen molar-refractivity contribution in [2.45, 2.75) is 19.4 Å². The number of hydrogen-bond donors (Lipinski definition) is 1. The van der Waals surface area contributed by atoms with Crippen LogP contribution in [0.1, 0.15) is 13.3 Å². The smallest absolute Gasteiger partial charge is 0.352 e. The number of rotatable bonds is 1. The van der Waals surface area contributed by atoms with Crippen molar-refractivity contribution in [3.63, 3.8) is 0 Å². The van der Waals surface area contributed by atoms with Crippen LogP contribution in [0.5, 0.6) is 0 Å². The van der Waals surface area contributed by atoms with Crippen molar-refractivity contribution in [3.05, 3.63) is 22.9 Å². The van der Waals surface area contributed by atoms with Gasteiger partial charge in [-0.2, -0.15) is 11.8 Å². The summed E-state index contributed by atoms with van der Waals surface area (Å²) < 4.78 is 0. The lowest BCUT2D eigenvalue weighted by Gasteiger charge is -2.41. The standard InChI is InChI=1S/C12H13NO3S/c1-2-6-9-8-5-17-4-3-7(8)10(12(15)16)13(9)11(6)14/h2,8-9H,3-5H2,1H3,(H,15,16)/b6-2-/t8-,9+/m1/s1. The molecule has 3 aliphatic rings. The normalized spacial score (nSPS) is 33.6. The van der Waals surface area contributed by atoms with Crippen LogP contribution < -0.4 is 0 Å². The SMILES string of the molecule is C/C=C1\C(=O)N2C(C(=O)O)=C3CCSC[C@H]3[C@H]12. The Morgan fingerprint density at radius 1 is 1.59 bits per heavy atom. The number of carboxylic acid groups (broad SMARTS) is 1. The first-order chi connectivity index (χ1) is 8.16. The lowest BCUT2D eigenvalue weighted by Crippen LogP contribution is -2.55. The maximum Gasteiger partial charge on any atom is 0.352 e. The Hall–Kier alpha value is -1.23. The predicted molar refractivity (Wildman–Crippen MR) is 64.5 cm³/mol. The second-order valence-corrected chi connectivity index (χ2v) is 5.62. The van der Waals surface area contributed by atoms with Gasteiger partial charge in [-0.1, -0.05) is 6.08 Å². The Kier molecular flexibility index (Phi) is 2.33. The number of fused-ring (bicyclic) bond motifs is 3.